The predicted molar refractivity (Wildman–Crippen MR) is 54.6 cm³/mol. The highest BCUT2D eigenvalue weighted by atomic mass is 16.6. The fourth-order valence-corrected chi connectivity index (χ4v) is 1.09. The third-order valence-electron chi connectivity index (χ3n) is 1.98. The van der Waals surface area contributed by atoms with Crippen LogP contribution in [0.4, 0.5) is 11.5 Å². The van der Waals surface area contributed by atoms with Gasteiger partial charge in [0, 0.05) is 13.6 Å². The first kappa shape index (κ1) is 11.4. The van der Waals surface area contributed by atoms with Crippen molar-refractivity contribution in [1.29, 1.82) is 0 Å². The molecule has 0 saturated heterocycles. The van der Waals surface area contributed by atoms with E-state index in [9.17, 15) is 15.2 Å². The largest absolute Gasteiger partial charge is 0.391 e. The van der Waals surface area contributed by atoms with Crippen LogP contribution in [0.3, 0.4) is 0 Å². The number of hydrogen-bond donors (Lipinski definition) is 2. The molecule has 2 N–H and O–H groups in total. The van der Waals surface area contributed by atoms with Crippen LogP contribution in [0.2, 0.25) is 0 Å². The molecule has 0 aliphatic carbocycles. The van der Waals surface area contributed by atoms with Crippen LogP contribution in [-0.4, -0.2) is 32.5 Å². The van der Waals surface area contributed by atoms with Crippen LogP contribution >= 0.6 is 0 Å². The zero-order valence-electron chi connectivity index (χ0n) is 8.67. The summed E-state index contributed by atoms with van der Waals surface area (Å²) in [4.78, 5) is 10.1. The van der Waals surface area contributed by atoms with Gasteiger partial charge in [0.2, 0.25) is 5.82 Å². The molecule has 7 nitrogen and oxygen atoms in total. The number of aromatic nitrogens is 2. The fourth-order valence-electron chi connectivity index (χ4n) is 1.09. The molecule has 1 aromatic heterocycles. The maximum atomic E-state index is 10.6. The van der Waals surface area contributed by atoms with Crippen molar-refractivity contribution in [3.8, 4) is 0 Å². The summed E-state index contributed by atoms with van der Waals surface area (Å²) in [6, 6.07) is 0. The number of aliphatic hydroxyl groups excluding tert-OH is 1. The Morgan fingerprint density at radius 1 is 1.80 bits per heavy atom. The second-order valence-electron chi connectivity index (χ2n) is 3.24. The van der Waals surface area contributed by atoms with Crippen LogP contribution in [0, 0.1) is 10.1 Å². The fraction of sp³-hybridized carbons (Fsp3) is 0.625. The number of hydrogen-bond acceptors (Lipinski definition) is 5. The third-order valence-corrected chi connectivity index (χ3v) is 1.98. The lowest BCUT2D eigenvalue weighted by atomic mass is 10.3. The van der Waals surface area contributed by atoms with Crippen LogP contribution in [0.1, 0.15) is 13.3 Å². The first-order valence-corrected chi connectivity index (χ1v) is 4.64. The number of anilines is 1. The molecular formula is C8H14N4O3. The van der Waals surface area contributed by atoms with Crippen LogP contribution in [0.25, 0.3) is 0 Å². The average molecular weight is 214 g/mol. The maximum Gasteiger partial charge on any atom is 0.330 e. The molecule has 84 valence electrons. The van der Waals surface area contributed by atoms with Gasteiger partial charge in [-0.25, -0.2) is 0 Å². The first-order valence-electron chi connectivity index (χ1n) is 4.64. The average Bonchev–Trinajstić information content (AvgIpc) is 2.56. The lowest BCUT2D eigenvalue weighted by Crippen LogP contribution is -2.18. The van der Waals surface area contributed by atoms with E-state index in [1.54, 1.807) is 7.05 Å². The minimum absolute atomic E-state index is 0.0826. The maximum absolute atomic E-state index is 10.6. The van der Waals surface area contributed by atoms with Crippen molar-refractivity contribution in [2.75, 3.05) is 11.9 Å². The Balaban J connectivity index is 2.71. The second-order valence-corrected chi connectivity index (χ2v) is 3.24. The SMILES string of the molecule is CCC(O)CNc1nn(C)cc1[N+](=O)[O-]. The first-order chi connectivity index (χ1) is 7.04. The molecule has 0 radical (unpaired) electrons. The van der Waals surface area contributed by atoms with Crippen LogP contribution in [-0.2, 0) is 7.05 Å². The lowest BCUT2D eigenvalue weighted by Gasteiger charge is -2.07. The van der Waals surface area contributed by atoms with Gasteiger partial charge in [-0.1, -0.05) is 6.92 Å². The van der Waals surface area contributed by atoms with Gasteiger partial charge >= 0.3 is 5.69 Å². The molecule has 1 rings (SSSR count). The summed E-state index contributed by atoms with van der Waals surface area (Å²) in [6.07, 6.45) is 1.39. The van der Waals surface area contributed by atoms with E-state index in [-0.39, 0.29) is 18.1 Å². The van der Waals surface area contributed by atoms with Crippen molar-refractivity contribution < 1.29 is 10.0 Å². The van der Waals surface area contributed by atoms with E-state index in [4.69, 9.17) is 0 Å². The standard InChI is InChI=1S/C8H14N4O3/c1-3-6(13)4-9-8-7(12(14)15)5-11(2)10-8/h5-6,13H,3-4H2,1-2H3,(H,9,10). The molecule has 7 heteroatoms. The number of nitro groups is 1. The van der Waals surface area contributed by atoms with E-state index in [0.29, 0.717) is 6.42 Å². The minimum Gasteiger partial charge on any atom is -0.391 e. The van der Waals surface area contributed by atoms with Crippen LogP contribution in [0.5, 0.6) is 0 Å². The highest BCUT2D eigenvalue weighted by Crippen LogP contribution is 2.21. The van der Waals surface area contributed by atoms with Crippen molar-refractivity contribution in [1.82, 2.24) is 9.78 Å². The number of aryl methyl sites for hydroxylation is 1. The Labute approximate surface area is 86.9 Å². The molecule has 0 fully saturated rings. The molecule has 0 spiro atoms. The van der Waals surface area contributed by atoms with E-state index in [2.05, 4.69) is 10.4 Å². The zero-order valence-corrected chi connectivity index (χ0v) is 8.67. The summed E-state index contributed by atoms with van der Waals surface area (Å²) < 4.78 is 1.36. The monoisotopic (exact) mass is 214 g/mol. The molecule has 1 heterocycles. The molecule has 0 aromatic carbocycles. The van der Waals surface area contributed by atoms with Gasteiger partial charge in [0.15, 0.2) is 0 Å². The summed E-state index contributed by atoms with van der Waals surface area (Å²) in [5.41, 5.74) is -0.0826. The van der Waals surface area contributed by atoms with Gasteiger partial charge in [0.1, 0.15) is 6.20 Å². The Morgan fingerprint density at radius 3 is 3.00 bits per heavy atom. The zero-order chi connectivity index (χ0) is 11.4. The van der Waals surface area contributed by atoms with Gasteiger partial charge in [-0.05, 0) is 6.42 Å². The van der Waals surface area contributed by atoms with Gasteiger partial charge in [-0.2, -0.15) is 0 Å². The molecule has 1 atom stereocenters. The van der Waals surface area contributed by atoms with Crippen molar-refractivity contribution in [3.63, 3.8) is 0 Å². The molecule has 1 unspecified atom stereocenters. The normalized spacial score (nSPS) is 12.5. The van der Waals surface area contributed by atoms with Gasteiger partial charge in [-0.3, -0.25) is 14.8 Å². The topological polar surface area (TPSA) is 93.2 Å². The van der Waals surface area contributed by atoms with Crippen molar-refractivity contribution in [2.24, 2.45) is 7.05 Å². The quantitative estimate of drug-likeness (QED) is 0.550. The highest BCUT2D eigenvalue weighted by molar-refractivity contribution is 5.54. The third kappa shape index (κ3) is 2.91. The number of rotatable bonds is 5. The number of nitrogens with zero attached hydrogens (tertiary/aromatic N) is 3. The molecule has 0 aliphatic rings. The van der Waals surface area contributed by atoms with Crippen LogP contribution in [0.15, 0.2) is 6.20 Å². The Hall–Kier alpha value is -1.63. The van der Waals surface area contributed by atoms with E-state index >= 15 is 0 Å². The van der Waals surface area contributed by atoms with E-state index in [1.807, 2.05) is 6.92 Å². The predicted octanol–water partition coefficient (Wildman–Crippen LogP) is 0.511. The van der Waals surface area contributed by atoms with Gasteiger partial charge in [0.05, 0.1) is 11.0 Å². The van der Waals surface area contributed by atoms with E-state index in [1.165, 1.54) is 10.9 Å². The molecular weight excluding hydrogens is 200 g/mol. The number of aliphatic hydroxyl groups is 1. The van der Waals surface area contributed by atoms with E-state index < -0.39 is 11.0 Å². The summed E-state index contributed by atoms with van der Waals surface area (Å²) in [6.45, 7) is 2.09. The van der Waals surface area contributed by atoms with E-state index in [0.717, 1.165) is 0 Å². The Morgan fingerprint density at radius 2 is 2.47 bits per heavy atom. The van der Waals surface area contributed by atoms with Crippen molar-refractivity contribution >= 4 is 11.5 Å². The molecule has 15 heavy (non-hydrogen) atoms. The summed E-state index contributed by atoms with van der Waals surface area (Å²) in [5, 5.41) is 26.5. The Bertz CT molecular complexity index is 350. The Kier molecular flexibility index (Phi) is 3.62. The van der Waals surface area contributed by atoms with Crippen LogP contribution < -0.4 is 5.32 Å². The van der Waals surface area contributed by atoms with Gasteiger partial charge in [0.25, 0.3) is 0 Å². The second kappa shape index (κ2) is 4.74. The summed E-state index contributed by atoms with van der Waals surface area (Å²) in [5.74, 6) is 0.190. The van der Waals surface area contributed by atoms with Crippen molar-refractivity contribution in [2.45, 2.75) is 19.4 Å². The lowest BCUT2D eigenvalue weighted by molar-refractivity contribution is -0.384. The molecule has 0 aliphatic heterocycles. The van der Waals surface area contributed by atoms with Gasteiger partial charge in [-0.15, -0.1) is 5.10 Å². The molecule has 0 amide bonds. The number of nitrogens with one attached hydrogen (secondary N) is 1. The molecule has 1 aromatic rings. The highest BCUT2D eigenvalue weighted by Gasteiger charge is 2.18. The summed E-state index contributed by atoms with van der Waals surface area (Å²) in [7, 11) is 1.61. The van der Waals surface area contributed by atoms with Gasteiger partial charge < -0.3 is 10.4 Å². The smallest absolute Gasteiger partial charge is 0.330 e. The molecule has 0 bridgehead atoms. The molecule has 0 saturated carbocycles. The summed E-state index contributed by atoms with van der Waals surface area (Å²) >= 11 is 0. The minimum atomic E-state index is -0.522. The van der Waals surface area contributed by atoms with Crippen molar-refractivity contribution in [3.05, 3.63) is 16.3 Å².